The minimum Gasteiger partial charge on any atom is -0.493 e. The average Bonchev–Trinajstić information content (AvgIpc) is 2.92. The molecule has 0 aliphatic carbocycles. The van der Waals surface area contributed by atoms with Crippen LogP contribution in [-0.4, -0.2) is 54.2 Å². The first-order chi connectivity index (χ1) is 18.3. The number of nitrogens with two attached hydrogens (primary N) is 1. The van der Waals surface area contributed by atoms with Gasteiger partial charge in [-0.2, -0.15) is 0 Å². The number of para-hydroxylation sites is 1. The summed E-state index contributed by atoms with van der Waals surface area (Å²) >= 11 is 0. The van der Waals surface area contributed by atoms with E-state index in [1.807, 2.05) is 30.3 Å². The highest BCUT2D eigenvalue weighted by molar-refractivity contribution is 5.86. The lowest BCUT2D eigenvalue weighted by atomic mass is 9.90. The molecule has 1 saturated heterocycles. The van der Waals surface area contributed by atoms with Crippen LogP contribution >= 0.6 is 0 Å². The Labute approximate surface area is 223 Å². The van der Waals surface area contributed by atoms with Gasteiger partial charge in [0.05, 0.1) is 19.9 Å². The summed E-state index contributed by atoms with van der Waals surface area (Å²) in [6.45, 7) is 3.98. The van der Waals surface area contributed by atoms with Crippen molar-refractivity contribution in [2.45, 2.75) is 44.6 Å². The summed E-state index contributed by atoms with van der Waals surface area (Å²) in [5.74, 6) is 1.60. The number of methoxy groups -OCH3 is 2. The van der Waals surface area contributed by atoms with Gasteiger partial charge in [0.1, 0.15) is 12.4 Å². The van der Waals surface area contributed by atoms with Crippen molar-refractivity contribution in [3.63, 3.8) is 0 Å². The number of anilines is 1. The summed E-state index contributed by atoms with van der Waals surface area (Å²) in [5.41, 5.74) is 6.15. The molecule has 2 aromatic carbocycles. The third kappa shape index (κ3) is 6.35. The molecule has 202 valence electrons. The van der Waals surface area contributed by atoms with Crippen molar-refractivity contribution in [1.82, 2.24) is 15.2 Å². The van der Waals surface area contributed by atoms with E-state index in [2.05, 4.69) is 15.2 Å². The first-order valence-electron chi connectivity index (χ1n) is 12.7. The maximum atomic E-state index is 13.3. The molecule has 9 nitrogen and oxygen atoms in total. The summed E-state index contributed by atoms with van der Waals surface area (Å²) in [6.07, 6.45) is 1.56. The zero-order valence-corrected chi connectivity index (χ0v) is 22.1. The molecule has 3 aromatic rings. The number of nitrogens with one attached hydrogen (secondary N) is 1. The number of carbonyl (C=O) groups excluding carboxylic acids is 1. The van der Waals surface area contributed by atoms with Crippen LogP contribution in [0.15, 0.2) is 60.7 Å². The molecule has 1 aliphatic rings. The molecule has 1 atom stereocenters. The van der Waals surface area contributed by atoms with Crippen LogP contribution in [0.3, 0.4) is 0 Å². The SMILES string of the molecule is COc1cccc(OC)c1OCc1ccccc1C(C)(O)C(=O)NC1CCN(Cc2cccc(N)n2)CC1. The molecule has 4 rings (SSSR count). The van der Waals surface area contributed by atoms with Crippen molar-refractivity contribution in [3.05, 3.63) is 77.5 Å². The van der Waals surface area contributed by atoms with E-state index in [1.165, 1.54) is 6.92 Å². The average molecular weight is 521 g/mol. The van der Waals surface area contributed by atoms with Gasteiger partial charge in [-0.15, -0.1) is 0 Å². The number of aliphatic hydroxyl groups is 1. The van der Waals surface area contributed by atoms with Crippen LogP contribution < -0.4 is 25.3 Å². The number of nitrogen functional groups attached to an aromatic ring is 1. The molecular weight excluding hydrogens is 484 g/mol. The van der Waals surface area contributed by atoms with Crippen molar-refractivity contribution in [3.8, 4) is 17.2 Å². The first-order valence-corrected chi connectivity index (χ1v) is 12.7. The smallest absolute Gasteiger partial charge is 0.256 e. The van der Waals surface area contributed by atoms with E-state index >= 15 is 0 Å². The van der Waals surface area contributed by atoms with Gasteiger partial charge in [-0.1, -0.05) is 36.4 Å². The Bertz CT molecular complexity index is 1220. The fraction of sp³-hybridized carbons (Fsp3) is 0.379. The Morgan fingerprint density at radius 1 is 1.05 bits per heavy atom. The molecule has 1 amide bonds. The lowest BCUT2D eigenvalue weighted by molar-refractivity contribution is -0.140. The Morgan fingerprint density at radius 3 is 2.37 bits per heavy atom. The van der Waals surface area contributed by atoms with Gasteiger partial charge in [-0.05, 0) is 55.2 Å². The van der Waals surface area contributed by atoms with Crippen LogP contribution in [0.2, 0.25) is 0 Å². The van der Waals surface area contributed by atoms with E-state index in [4.69, 9.17) is 19.9 Å². The zero-order chi connectivity index (χ0) is 27.1. The molecule has 0 saturated carbocycles. The Balaban J connectivity index is 1.39. The van der Waals surface area contributed by atoms with Crippen LogP contribution in [0.25, 0.3) is 0 Å². The number of hydrogen-bond donors (Lipinski definition) is 3. The van der Waals surface area contributed by atoms with Crippen molar-refractivity contribution in [2.24, 2.45) is 0 Å². The van der Waals surface area contributed by atoms with Crippen LogP contribution in [0.4, 0.5) is 5.82 Å². The van der Waals surface area contributed by atoms with E-state index < -0.39 is 11.5 Å². The minimum atomic E-state index is -1.74. The number of ether oxygens (including phenoxy) is 3. The number of nitrogens with zero attached hydrogens (tertiary/aromatic N) is 2. The van der Waals surface area contributed by atoms with E-state index in [1.54, 1.807) is 44.6 Å². The molecule has 38 heavy (non-hydrogen) atoms. The number of rotatable bonds is 10. The maximum Gasteiger partial charge on any atom is 0.256 e. The predicted molar refractivity (Wildman–Crippen MR) is 145 cm³/mol. The number of carbonyl (C=O) groups is 1. The van der Waals surface area contributed by atoms with E-state index in [0.29, 0.717) is 40.7 Å². The van der Waals surface area contributed by atoms with Gasteiger partial charge < -0.3 is 30.4 Å². The van der Waals surface area contributed by atoms with Crippen LogP contribution in [0, 0.1) is 0 Å². The maximum absolute atomic E-state index is 13.3. The van der Waals surface area contributed by atoms with Crippen LogP contribution in [0.1, 0.15) is 36.6 Å². The minimum absolute atomic E-state index is 0.0275. The molecule has 1 aliphatic heterocycles. The highest BCUT2D eigenvalue weighted by Crippen LogP contribution is 2.38. The standard InChI is InChI=1S/C29H36N4O5/c1-29(35,28(34)32-21-14-16-33(17-15-21)18-22-9-6-13-26(30)31-22)23-10-5-4-8-20(23)19-38-27-24(36-2)11-7-12-25(27)37-3/h4-13,21,35H,14-19H2,1-3H3,(H2,30,31)(H,32,34). The van der Waals surface area contributed by atoms with Crippen molar-refractivity contribution in [2.75, 3.05) is 33.0 Å². The van der Waals surface area contributed by atoms with Crippen LogP contribution in [-0.2, 0) is 23.5 Å². The fourth-order valence-corrected chi connectivity index (χ4v) is 4.73. The Kier molecular flexibility index (Phi) is 8.70. The number of piperidine rings is 1. The number of aromatic nitrogens is 1. The molecule has 1 aromatic heterocycles. The number of pyridine rings is 1. The molecule has 2 heterocycles. The topological polar surface area (TPSA) is 119 Å². The van der Waals surface area contributed by atoms with Crippen molar-refractivity contribution in [1.29, 1.82) is 0 Å². The second kappa shape index (κ2) is 12.1. The lowest BCUT2D eigenvalue weighted by Crippen LogP contribution is -2.50. The molecule has 0 bridgehead atoms. The number of likely N-dealkylation sites (tertiary alicyclic amines) is 1. The Morgan fingerprint density at radius 2 is 1.71 bits per heavy atom. The first kappa shape index (κ1) is 27.2. The molecular formula is C29H36N4O5. The lowest BCUT2D eigenvalue weighted by Gasteiger charge is -2.34. The van der Waals surface area contributed by atoms with E-state index in [0.717, 1.165) is 31.6 Å². The molecule has 1 fully saturated rings. The fourth-order valence-electron chi connectivity index (χ4n) is 4.73. The zero-order valence-electron chi connectivity index (χ0n) is 22.1. The quantitative estimate of drug-likeness (QED) is 0.373. The highest BCUT2D eigenvalue weighted by Gasteiger charge is 2.36. The highest BCUT2D eigenvalue weighted by atomic mass is 16.5. The summed E-state index contributed by atoms with van der Waals surface area (Å²) < 4.78 is 16.9. The summed E-state index contributed by atoms with van der Waals surface area (Å²) in [5, 5.41) is 14.4. The normalized spacial score (nSPS) is 15.9. The van der Waals surface area contributed by atoms with Gasteiger partial charge >= 0.3 is 0 Å². The largest absolute Gasteiger partial charge is 0.493 e. The van der Waals surface area contributed by atoms with Gasteiger partial charge in [0, 0.05) is 25.7 Å². The molecule has 1 unspecified atom stereocenters. The van der Waals surface area contributed by atoms with Crippen LogP contribution in [0.5, 0.6) is 17.2 Å². The molecule has 0 radical (unpaired) electrons. The van der Waals surface area contributed by atoms with Gasteiger partial charge in [0.15, 0.2) is 17.1 Å². The number of hydrogen-bond acceptors (Lipinski definition) is 8. The number of amides is 1. The second-order valence-electron chi connectivity index (χ2n) is 9.59. The molecule has 0 spiro atoms. The third-order valence-electron chi connectivity index (χ3n) is 6.88. The molecule has 4 N–H and O–H groups in total. The van der Waals surface area contributed by atoms with Crippen molar-refractivity contribution < 1.29 is 24.1 Å². The summed E-state index contributed by atoms with van der Waals surface area (Å²) in [4.78, 5) is 20.0. The van der Waals surface area contributed by atoms with Gasteiger partial charge in [0.2, 0.25) is 5.75 Å². The summed E-state index contributed by atoms with van der Waals surface area (Å²) in [6, 6.07) is 18.2. The third-order valence-corrected chi connectivity index (χ3v) is 6.88. The van der Waals surface area contributed by atoms with Gasteiger partial charge in [-0.25, -0.2) is 4.98 Å². The van der Waals surface area contributed by atoms with Crippen molar-refractivity contribution >= 4 is 11.7 Å². The van der Waals surface area contributed by atoms with E-state index in [9.17, 15) is 9.90 Å². The monoisotopic (exact) mass is 520 g/mol. The van der Waals surface area contributed by atoms with Gasteiger partial charge in [0.25, 0.3) is 5.91 Å². The number of benzene rings is 2. The Hall–Kier alpha value is -3.82. The van der Waals surface area contributed by atoms with E-state index in [-0.39, 0.29) is 12.6 Å². The molecule has 9 heteroatoms. The predicted octanol–water partition coefficient (Wildman–Crippen LogP) is 3.25. The van der Waals surface area contributed by atoms with Gasteiger partial charge in [-0.3, -0.25) is 9.69 Å². The summed E-state index contributed by atoms with van der Waals surface area (Å²) in [7, 11) is 3.12. The second-order valence-corrected chi connectivity index (χ2v) is 9.59.